The summed E-state index contributed by atoms with van der Waals surface area (Å²) in [6.45, 7) is 0. The third-order valence-corrected chi connectivity index (χ3v) is 2.83. The molecule has 0 aliphatic heterocycles. The van der Waals surface area contributed by atoms with Crippen molar-refractivity contribution in [2.24, 2.45) is 0 Å². The van der Waals surface area contributed by atoms with Crippen LogP contribution in [-0.4, -0.2) is 8.42 Å². The number of hydrogen-bond acceptors (Lipinski definition) is 3. The second kappa shape index (κ2) is 2.96. The van der Waals surface area contributed by atoms with Crippen molar-refractivity contribution in [3.8, 4) is 0 Å². The molecule has 1 aromatic heterocycles. The summed E-state index contributed by atoms with van der Waals surface area (Å²) in [6, 6.07) is 4.87. The lowest BCUT2D eigenvalue weighted by Gasteiger charge is -1.86. The first kappa shape index (κ1) is 9.48. The van der Waals surface area contributed by atoms with Gasteiger partial charge in [0.25, 0.3) is 9.05 Å². The van der Waals surface area contributed by atoms with Crippen LogP contribution < -0.4 is 0 Å². The monoisotopic (exact) mass is 234 g/mol. The summed E-state index contributed by atoms with van der Waals surface area (Å²) in [5.41, 5.74) is 0.283. The van der Waals surface area contributed by atoms with Gasteiger partial charge in [-0.15, -0.1) is 0 Å². The van der Waals surface area contributed by atoms with Gasteiger partial charge in [-0.2, -0.15) is 0 Å². The highest BCUT2D eigenvalue weighted by atomic mass is 35.7. The van der Waals surface area contributed by atoms with Crippen LogP contribution in [0.2, 0.25) is 0 Å². The third-order valence-electron chi connectivity index (χ3n) is 1.70. The number of benzene rings is 1. The van der Waals surface area contributed by atoms with Gasteiger partial charge in [0.15, 0.2) is 0 Å². The van der Waals surface area contributed by atoms with Crippen molar-refractivity contribution in [2.45, 2.75) is 5.09 Å². The largest absolute Gasteiger partial charge is 0.443 e. The molecule has 0 radical (unpaired) electrons. The van der Waals surface area contributed by atoms with E-state index in [2.05, 4.69) is 0 Å². The van der Waals surface area contributed by atoms with Crippen LogP contribution in [0.5, 0.6) is 0 Å². The van der Waals surface area contributed by atoms with Crippen molar-refractivity contribution in [1.82, 2.24) is 0 Å². The van der Waals surface area contributed by atoms with E-state index in [4.69, 9.17) is 15.1 Å². The first-order valence-electron chi connectivity index (χ1n) is 3.60. The molecule has 3 nitrogen and oxygen atoms in total. The van der Waals surface area contributed by atoms with Crippen molar-refractivity contribution in [1.29, 1.82) is 0 Å². The summed E-state index contributed by atoms with van der Waals surface area (Å²) >= 11 is 0. The molecule has 0 saturated heterocycles. The normalized spacial score (nSPS) is 12.1. The second-order valence-corrected chi connectivity index (χ2v) is 5.18. The van der Waals surface area contributed by atoms with Crippen LogP contribution in [0.3, 0.4) is 0 Å². The molecule has 0 bridgehead atoms. The molecule has 1 heterocycles. The molecule has 0 aliphatic rings. The molecule has 0 fully saturated rings. The maximum atomic E-state index is 12.7. The van der Waals surface area contributed by atoms with Gasteiger partial charge >= 0.3 is 0 Å². The van der Waals surface area contributed by atoms with Gasteiger partial charge in [0.1, 0.15) is 11.4 Å². The van der Waals surface area contributed by atoms with Gasteiger partial charge in [-0.05, 0) is 18.2 Å². The van der Waals surface area contributed by atoms with E-state index in [1.165, 1.54) is 24.3 Å². The van der Waals surface area contributed by atoms with Crippen LogP contribution in [-0.2, 0) is 9.05 Å². The van der Waals surface area contributed by atoms with Crippen molar-refractivity contribution >= 4 is 30.7 Å². The standard InChI is InChI=1S/C8H4ClFO3S/c9-14(11,12)8-4-5-3-6(10)1-2-7(5)13-8/h1-4H. The maximum Gasteiger partial charge on any atom is 0.294 e. The summed E-state index contributed by atoms with van der Waals surface area (Å²) in [5, 5.41) is -0.0102. The van der Waals surface area contributed by atoms with Gasteiger partial charge in [0.2, 0.25) is 5.09 Å². The van der Waals surface area contributed by atoms with E-state index in [-0.39, 0.29) is 10.7 Å². The summed E-state index contributed by atoms with van der Waals surface area (Å²) in [5.74, 6) is -0.461. The Morgan fingerprint density at radius 3 is 2.64 bits per heavy atom. The predicted molar refractivity (Wildman–Crippen MR) is 49.2 cm³/mol. The van der Waals surface area contributed by atoms with Crippen molar-refractivity contribution in [3.05, 3.63) is 30.1 Å². The van der Waals surface area contributed by atoms with Crippen molar-refractivity contribution in [3.63, 3.8) is 0 Å². The molecule has 0 N–H and O–H groups in total. The molecule has 0 amide bonds. The number of rotatable bonds is 1. The fourth-order valence-electron chi connectivity index (χ4n) is 1.11. The average Bonchev–Trinajstić information content (AvgIpc) is 2.45. The zero-order chi connectivity index (χ0) is 10.3. The fraction of sp³-hybridized carbons (Fsp3) is 0. The molecule has 6 heteroatoms. The first-order valence-corrected chi connectivity index (χ1v) is 5.91. The SMILES string of the molecule is O=S(=O)(Cl)c1cc2cc(F)ccc2o1. The highest BCUT2D eigenvalue weighted by molar-refractivity contribution is 8.13. The zero-order valence-electron chi connectivity index (χ0n) is 6.70. The molecule has 0 atom stereocenters. The van der Waals surface area contributed by atoms with E-state index < -0.39 is 14.9 Å². The summed E-state index contributed by atoms with van der Waals surface area (Å²) in [6.07, 6.45) is 0. The van der Waals surface area contributed by atoms with Gasteiger partial charge < -0.3 is 4.42 Å². The van der Waals surface area contributed by atoms with Crippen LogP contribution in [0.25, 0.3) is 11.0 Å². The van der Waals surface area contributed by atoms with Gasteiger partial charge in [0.05, 0.1) is 0 Å². The Bertz CT molecular complexity index is 588. The van der Waals surface area contributed by atoms with Gasteiger partial charge in [0, 0.05) is 22.1 Å². The molecule has 0 unspecified atom stereocenters. The molecule has 1 aromatic carbocycles. The third kappa shape index (κ3) is 1.60. The van der Waals surface area contributed by atoms with Crippen LogP contribution in [0.15, 0.2) is 33.8 Å². The van der Waals surface area contributed by atoms with E-state index in [1.807, 2.05) is 0 Å². The minimum atomic E-state index is -3.89. The van der Waals surface area contributed by atoms with Gasteiger partial charge in [-0.25, -0.2) is 12.8 Å². The Kier molecular flexibility index (Phi) is 2.01. The highest BCUT2D eigenvalue weighted by Gasteiger charge is 2.16. The predicted octanol–water partition coefficient (Wildman–Crippen LogP) is 2.50. The van der Waals surface area contributed by atoms with E-state index in [0.29, 0.717) is 5.39 Å². The maximum absolute atomic E-state index is 12.7. The lowest BCUT2D eigenvalue weighted by molar-refractivity contribution is 0.488. The molecule has 2 rings (SSSR count). The Hall–Kier alpha value is -1.07. The molecule has 0 aliphatic carbocycles. The lowest BCUT2D eigenvalue weighted by Crippen LogP contribution is -1.84. The van der Waals surface area contributed by atoms with Gasteiger partial charge in [-0.1, -0.05) is 0 Å². The summed E-state index contributed by atoms with van der Waals surface area (Å²) in [4.78, 5) is 0. The quantitative estimate of drug-likeness (QED) is 0.713. The van der Waals surface area contributed by atoms with E-state index in [1.54, 1.807) is 0 Å². The Labute approximate surface area is 83.5 Å². The average molecular weight is 235 g/mol. The van der Waals surface area contributed by atoms with Crippen LogP contribution in [0.4, 0.5) is 4.39 Å². The summed E-state index contributed by atoms with van der Waals surface area (Å²) < 4.78 is 39.3. The number of halogens is 2. The second-order valence-electron chi connectivity index (χ2n) is 2.69. The van der Waals surface area contributed by atoms with Crippen LogP contribution in [0, 0.1) is 5.82 Å². The van der Waals surface area contributed by atoms with Crippen molar-refractivity contribution in [2.75, 3.05) is 0 Å². The number of furan rings is 1. The highest BCUT2D eigenvalue weighted by Crippen LogP contribution is 2.25. The topological polar surface area (TPSA) is 47.3 Å². The first-order chi connectivity index (χ1) is 6.47. The number of hydrogen-bond donors (Lipinski definition) is 0. The molecule has 14 heavy (non-hydrogen) atoms. The fourth-order valence-corrected chi connectivity index (χ4v) is 1.80. The Balaban J connectivity index is 2.75. The molecule has 0 saturated carbocycles. The Morgan fingerprint density at radius 1 is 1.29 bits per heavy atom. The zero-order valence-corrected chi connectivity index (χ0v) is 8.27. The number of fused-ring (bicyclic) bond motifs is 1. The molecule has 0 spiro atoms. The lowest BCUT2D eigenvalue weighted by atomic mass is 10.2. The molecule has 2 aromatic rings. The van der Waals surface area contributed by atoms with E-state index >= 15 is 0 Å². The van der Waals surface area contributed by atoms with Crippen molar-refractivity contribution < 1.29 is 17.2 Å². The van der Waals surface area contributed by atoms with E-state index in [9.17, 15) is 12.8 Å². The van der Waals surface area contributed by atoms with Gasteiger partial charge in [-0.3, -0.25) is 0 Å². The molecule has 74 valence electrons. The van der Waals surface area contributed by atoms with Crippen LogP contribution >= 0.6 is 10.7 Å². The smallest absolute Gasteiger partial charge is 0.294 e. The Morgan fingerprint density at radius 2 is 2.00 bits per heavy atom. The van der Waals surface area contributed by atoms with Crippen LogP contribution in [0.1, 0.15) is 0 Å². The van der Waals surface area contributed by atoms with E-state index in [0.717, 1.165) is 0 Å². The molecular weight excluding hydrogens is 231 g/mol. The minimum Gasteiger partial charge on any atom is -0.443 e. The minimum absolute atomic E-state index is 0.283. The summed E-state index contributed by atoms with van der Waals surface area (Å²) in [7, 11) is 1.16. The molecular formula is C8H4ClFO3S.